The van der Waals surface area contributed by atoms with Crippen LogP contribution in [0.4, 0.5) is 4.79 Å². The van der Waals surface area contributed by atoms with E-state index < -0.39 is 5.60 Å². The molecule has 19 heavy (non-hydrogen) atoms. The topological polar surface area (TPSA) is 33.9 Å². The molecule has 1 amide bonds. The normalized spacial score (nSPS) is 21.6. The highest BCUT2D eigenvalue weighted by Gasteiger charge is 2.47. The third kappa shape index (κ3) is 3.28. The maximum Gasteiger partial charge on any atom is 0.410 e. The highest BCUT2D eigenvalue weighted by Crippen LogP contribution is 2.45. The number of carbonyl (C=O) groups is 1. The first kappa shape index (κ1) is 13.9. The van der Waals surface area contributed by atoms with Gasteiger partial charge in [0.25, 0.3) is 0 Å². The Morgan fingerprint density at radius 1 is 1.37 bits per heavy atom. The number of rotatable bonds is 0. The van der Waals surface area contributed by atoms with Gasteiger partial charge in [-0.1, -0.05) is 5.57 Å². The van der Waals surface area contributed by atoms with Crippen LogP contribution in [0.3, 0.4) is 0 Å². The predicted octanol–water partition coefficient (Wildman–Crippen LogP) is 3.60. The van der Waals surface area contributed by atoms with E-state index in [1.54, 1.807) is 11.1 Å². The third-order valence-electron chi connectivity index (χ3n) is 3.90. The van der Waals surface area contributed by atoms with Crippen molar-refractivity contribution in [2.75, 3.05) is 13.1 Å². The lowest BCUT2D eigenvalue weighted by molar-refractivity contribution is -0.0445. The Morgan fingerprint density at radius 2 is 1.95 bits per heavy atom. The molecule has 0 radical (unpaired) electrons. The van der Waals surface area contributed by atoms with Crippen LogP contribution in [0.15, 0.2) is 11.8 Å². The highest BCUT2D eigenvalue weighted by atomic mass is 16.6. The molecule has 4 heteroatoms. The molecule has 1 aliphatic heterocycles. The van der Waals surface area contributed by atoms with Crippen molar-refractivity contribution in [1.29, 1.82) is 0 Å². The molecule has 2 rings (SSSR count). The second-order valence-corrected chi connectivity index (χ2v) is 6.75. The van der Waals surface area contributed by atoms with E-state index in [1.165, 1.54) is 5.57 Å². The first-order chi connectivity index (χ1) is 8.84. The number of ether oxygens (including phenoxy) is 1. The molecule has 0 aromatic carbocycles. The van der Waals surface area contributed by atoms with Gasteiger partial charge in [-0.2, -0.15) is 0 Å². The molecule has 1 spiro atoms. The fraction of sp³-hybridized carbons (Fsp3) is 0.733. The number of likely N-dealkylation sites (tertiary alicyclic amines) is 1. The largest absolute Gasteiger partial charge is 0.444 e. The second kappa shape index (κ2) is 4.88. The lowest BCUT2D eigenvalue weighted by atomic mass is 9.67. The minimum atomic E-state index is -0.419. The molecule has 1 saturated carbocycles. The summed E-state index contributed by atoms with van der Waals surface area (Å²) in [6.45, 7) is 14.1. The van der Waals surface area contributed by atoms with Crippen LogP contribution in [-0.4, -0.2) is 29.7 Å². The Labute approximate surface area is 115 Å². The number of amides is 1. The number of hydrogen-bond acceptors (Lipinski definition) is 2. The molecule has 0 aromatic rings. The van der Waals surface area contributed by atoms with Crippen LogP contribution in [-0.2, 0) is 4.74 Å². The maximum atomic E-state index is 11.9. The van der Waals surface area contributed by atoms with Crippen molar-refractivity contribution >= 4 is 6.09 Å². The van der Waals surface area contributed by atoms with Crippen molar-refractivity contribution in [3.05, 3.63) is 23.2 Å². The summed E-state index contributed by atoms with van der Waals surface area (Å²) in [5, 5.41) is 0. The van der Waals surface area contributed by atoms with Crippen molar-refractivity contribution in [3.63, 3.8) is 0 Å². The zero-order valence-corrected chi connectivity index (χ0v) is 12.0. The van der Waals surface area contributed by atoms with E-state index in [2.05, 4.69) is 4.85 Å². The van der Waals surface area contributed by atoms with Crippen molar-refractivity contribution in [2.45, 2.75) is 52.1 Å². The van der Waals surface area contributed by atoms with Gasteiger partial charge in [-0.15, -0.1) is 0 Å². The Hall–Kier alpha value is -1.50. The zero-order valence-electron chi connectivity index (χ0n) is 12.0. The lowest BCUT2D eigenvalue weighted by Gasteiger charge is -2.52. The molecule has 0 unspecified atom stereocenters. The van der Waals surface area contributed by atoms with E-state index in [0.717, 1.165) is 38.8 Å². The molecule has 2 aliphatic rings. The molecule has 0 atom stereocenters. The van der Waals surface area contributed by atoms with E-state index in [4.69, 9.17) is 11.3 Å². The van der Waals surface area contributed by atoms with Crippen molar-refractivity contribution < 1.29 is 9.53 Å². The highest BCUT2D eigenvalue weighted by molar-refractivity contribution is 5.69. The molecule has 2 fully saturated rings. The predicted molar refractivity (Wildman–Crippen MR) is 73.4 cm³/mol. The zero-order chi connectivity index (χ0) is 14.1. The number of allylic oxidation sites excluding steroid dienone is 1. The lowest BCUT2D eigenvalue weighted by Crippen LogP contribution is -2.59. The van der Waals surface area contributed by atoms with Gasteiger partial charge in [0.15, 0.2) is 6.20 Å². The van der Waals surface area contributed by atoms with E-state index in [0.29, 0.717) is 0 Å². The van der Waals surface area contributed by atoms with Gasteiger partial charge in [0.2, 0.25) is 0 Å². The molecule has 4 nitrogen and oxygen atoms in total. The molecule has 104 valence electrons. The average Bonchev–Trinajstić information content (AvgIpc) is 2.25. The Balaban J connectivity index is 1.82. The first-order valence-electron chi connectivity index (χ1n) is 6.86. The molecule has 1 saturated heterocycles. The average molecular weight is 262 g/mol. The summed E-state index contributed by atoms with van der Waals surface area (Å²) in [4.78, 5) is 17.0. The van der Waals surface area contributed by atoms with Gasteiger partial charge in [-0.3, -0.25) is 0 Å². The van der Waals surface area contributed by atoms with Gasteiger partial charge in [0, 0.05) is 18.5 Å². The summed E-state index contributed by atoms with van der Waals surface area (Å²) in [6, 6.07) is 0. The van der Waals surface area contributed by atoms with E-state index in [-0.39, 0.29) is 11.5 Å². The van der Waals surface area contributed by atoms with Crippen LogP contribution in [0.1, 0.15) is 46.5 Å². The molecule has 0 bridgehead atoms. The third-order valence-corrected chi connectivity index (χ3v) is 3.90. The van der Waals surface area contributed by atoms with E-state index in [9.17, 15) is 4.79 Å². The Bertz CT molecular complexity index is 422. The van der Waals surface area contributed by atoms with Crippen LogP contribution >= 0.6 is 0 Å². The van der Waals surface area contributed by atoms with E-state index >= 15 is 0 Å². The quantitative estimate of drug-likeness (QED) is 0.625. The van der Waals surface area contributed by atoms with Crippen molar-refractivity contribution in [2.24, 2.45) is 5.41 Å². The van der Waals surface area contributed by atoms with Crippen LogP contribution in [0.25, 0.3) is 4.85 Å². The SMILES string of the molecule is [C-]#[N+]C=C1CCC2(CC1)CN(C(=O)OC(C)(C)C)C2. The number of nitrogens with zero attached hydrogens (tertiary/aromatic N) is 2. The van der Waals surface area contributed by atoms with Crippen LogP contribution in [0.5, 0.6) is 0 Å². The second-order valence-electron chi connectivity index (χ2n) is 6.75. The van der Waals surface area contributed by atoms with Gasteiger partial charge in [-0.05, 0) is 46.5 Å². The summed E-state index contributed by atoms with van der Waals surface area (Å²) >= 11 is 0. The standard InChI is InChI=1S/C15H22N2O2/c1-14(2,3)19-13(18)17-10-15(11-17)7-5-12(6-8-15)9-16-4/h9H,5-8,10-11H2,1-3H3. The molecule has 0 aromatic heterocycles. The summed E-state index contributed by atoms with van der Waals surface area (Å²) in [6.07, 6.45) is 5.66. The van der Waals surface area contributed by atoms with Gasteiger partial charge >= 0.3 is 6.09 Å². The smallest absolute Gasteiger partial charge is 0.410 e. The summed E-state index contributed by atoms with van der Waals surface area (Å²) in [7, 11) is 0. The molecular formula is C15H22N2O2. The van der Waals surface area contributed by atoms with Crippen molar-refractivity contribution in [1.82, 2.24) is 4.90 Å². The summed E-state index contributed by atoms with van der Waals surface area (Å²) in [5.74, 6) is 0. The first-order valence-corrected chi connectivity index (χ1v) is 6.86. The molecule has 0 N–H and O–H groups in total. The number of carbonyl (C=O) groups excluding carboxylic acids is 1. The van der Waals surface area contributed by atoms with Crippen LogP contribution < -0.4 is 0 Å². The van der Waals surface area contributed by atoms with Gasteiger partial charge in [0.1, 0.15) is 5.60 Å². The maximum absolute atomic E-state index is 11.9. The van der Waals surface area contributed by atoms with Crippen LogP contribution in [0, 0.1) is 12.0 Å². The molecule has 1 aliphatic carbocycles. The Kier molecular flexibility index (Phi) is 3.58. The van der Waals surface area contributed by atoms with Crippen molar-refractivity contribution in [3.8, 4) is 0 Å². The van der Waals surface area contributed by atoms with E-state index in [1.807, 2.05) is 20.8 Å². The van der Waals surface area contributed by atoms with Gasteiger partial charge in [0.05, 0.1) is 6.57 Å². The monoisotopic (exact) mass is 262 g/mol. The van der Waals surface area contributed by atoms with Gasteiger partial charge < -0.3 is 9.64 Å². The Morgan fingerprint density at radius 3 is 2.42 bits per heavy atom. The molecular weight excluding hydrogens is 240 g/mol. The van der Waals surface area contributed by atoms with Gasteiger partial charge in [-0.25, -0.2) is 9.64 Å². The summed E-state index contributed by atoms with van der Waals surface area (Å²) < 4.78 is 5.37. The minimum absolute atomic E-state index is 0.194. The minimum Gasteiger partial charge on any atom is -0.444 e. The molecule has 1 heterocycles. The fourth-order valence-corrected chi connectivity index (χ4v) is 2.86. The van der Waals surface area contributed by atoms with Crippen LogP contribution in [0.2, 0.25) is 0 Å². The summed E-state index contributed by atoms with van der Waals surface area (Å²) in [5.41, 5.74) is 1.13. The number of hydrogen-bond donors (Lipinski definition) is 0. The fourth-order valence-electron chi connectivity index (χ4n) is 2.86.